The summed E-state index contributed by atoms with van der Waals surface area (Å²) in [4.78, 5) is 27.0. The molecule has 0 radical (unpaired) electrons. The van der Waals surface area contributed by atoms with E-state index in [0.717, 1.165) is 16.7 Å². The Morgan fingerprint density at radius 1 is 1.25 bits per heavy atom. The normalized spacial score (nSPS) is 10.9. The molecule has 0 amide bonds. The van der Waals surface area contributed by atoms with Gasteiger partial charge in [-0.25, -0.2) is 4.79 Å². The minimum Gasteiger partial charge on any atom is -0.477 e. The second-order valence-corrected chi connectivity index (χ2v) is 5.77. The highest BCUT2D eigenvalue weighted by molar-refractivity contribution is 5.98. The van der Waals surface area contributed by atoms with Crippen LogP contribution in [0.4, 0.5) is 5.69 Å². The van der Waals surface area contributed by atoms with Crippen LogP contribution in [0.2, 0.25) is 0 Å². The van der Waals surface area contributed by atoms with Gasteiger partial charge >= 0.3 is 5.97 Å². The standard InChI is InChI=1S/C19H18N2O3/c1-3-12-17(19(23)24)21-16-14(18(12)22)8-11(9-15(16)20)13-7-5-4-6-10(13)2/h4-9H,3,20H2,1-2H3,(H,21,22)(H,23,24). The van der Waals surface area contributed by atoms with Gasteiger partial charge in [-0.2, -0.15) is 0 Å². The zero-order chi connectivity index (χ0) is 17.4. The van der Waals surface area contributed by atoms with Gasteiger partial charge in [0.15, 0.2) is 5.43 Å². The number of hydrogen-bond donors (Lipinski definition) is 3. The van der Waals surface area contributed by atoms with Crippen LogP contribution in [0.5, 0.6) is 0 Å². The number of carboxylic acid groups (broad SMARTS) is 1. The minimum absolute atomic E-state index is 0.0923. The number of carbonyl (C=O) groups is 1. The van der Waals surface area contributed by atoms with Crippen LogP contribution in [-0.2, 0) is 6.42 Å². The van der Waals surface area contributed by atoms with Gasteiger partial charge in [-0.1, -0.05) is 31.2 Å². The monoisotopic (exact) mass is 322 g/mol. The molecule has 24 heavy (non-hydrogen) atoms. The lowest BCUT2D eigenvalue weighted by atomic mass is 9.97. The maximum atomic E-state index is 12.8. The number of aryl methyl sites for hydroxylation is 1. The second-order valence-electron chi connectivity index (χ2n) is 5.77. The summed E-state index contributed by atoms with van der Waals surface area (Å²) >= 11 is 0. The Hall–Kier alpha value is -3.08. The molecule has 3 aromatic rings. The first-order valence-electron chi connectivity index (χ1n) is 7.71. The number of carboxylic acids is 1. The fraction of sp³-hybridized carbons (Fsp3) is 0.158. The predicted octanol–water partition coefficient (Wildman–Crippen LogP) is 3.35. The molecule has 1 heterocycles. The van der Waals surface area contributed by atoms with E-state index in [1.165, 1.54) is 0 Å². The highest BCUT2D eigenvalue weighted by atomic mass is 16.4. The van der Waals surface area contributed by atoms with E-state index < -0.39 is 5.97 Å². The van der Waals surface area contributed by atoms with Crippen LogP contribution in [0.25, 0.3) is 22.0 Å². The van der Waals surface area contributed by atoms with Crippen molar-refractivity contribution in [2.45, 2.75) is 20.3 Å². The topological polar surface area (TPSA) is 96.2 Å². The van der Waals surface area contributed by atoms with Crippen molar-refractivity contribution in [1.29, 1.82) is 0 Å². The number of fused-ring (bicyclic) bond motifs is 1. The van der Waals surface area contributed by atoms with Crippen molar-refractivity contribution < 1.29 is 9.90 Å². The Morgan fingerprint density at radius 3 is 2.58 bits per heavy atom. The molecule has 1 aromatic heterocycles. The van der Waals surface area contributed by atoms with Gasteiger partial charge in [0.1, 0.15) is 5.69 Å². The number of rotatable bonds is 3. The summed E-state index contributed by atoms with van der Waals surface area (Å²) in [7, 11) is 0. The van der Waals surface area contributed by atoms with Gasteiger partial charge in [0.05, 0.1) is 11.2 Å². The van der Waals surface area contributed by atoms with E-state index in [1.807, 2.05) is 31.2 Å². The molecule has 0 fully saturated rings. The van der Waals surface area contributed by atoms with E-state index in [9.17, 15) is 14.7 Å². The molecule has 5 heteroatoms. The fourth-order valence-corrected chi connectivity index (χ4v) is 3.03. The first-order valence-corrected chi connectivity index (χ1v) is 7.71. The number of benzene rings is 2. The van der Waals surface area contributed by atoms with Crippen LogP contribution in [0.1, 0.15) is 28.5 Å². The number of nitrogen functional groups attached to an aromatic ring is 1. The van der Waals surface area contributed by atoms with Crippen LogP contribution in [0.15, 0.2) is 41.2 Å². The lowest BCUT2D eigenvalue weighted by Crippen LogP contribution is -2.18. The summed E-state index contributed by atoms with van der Waals surface area (Å²) in [5, 5.41) is 9.74. The highest BCUT2D eigenvalue weighted by Gasteiger charge is 2.18. The second kappa shape index (κ2) is 5.85. The number of aromatic nitrogens is 1. The predicted molar refractivity (Wildman–Crippen MR) is 95.5 cm³/mol. The first-order chi connectivity index (χ1) is 11.4. The summed E-state index contributed by atoms with van der Waals surface area (Å²) in [5.41, 5.74) is 9.62. The number of pyridine rings is 1. The van der Waals surface area contributed by atoms with E-state index in [1.54, 1.807) is 19.1 Å². The first kappa shape index (κ1) is 15.8. The van der Waals surface area contributed by atoms with Crippen LogP contribution in [0, 0.1) is 6.92 Å². The number of nitrogens with two attached hydrogens (primary N) is 1. The van der Waals surface area contributed by atoms with Crippen molar-refractivity contribution in [3.8, 4) is 11.1 Å². The minimum atomic E-state index is -1.16. The van der Waals surface area contributed by atoms with Crippen molar-refractivity contribution in [3.05, 3.63) is 63.4 Å². The van der Waals surface area contributed by atoms with Gasteiger partial charge in [0.2, 0.25) is 0 Å². The average Bonchev–Trinajstić information content (AvgIpc) is 2.55. The van der Waals surface area contributed by atoms with Crippen molar-refractivity contribution in [3.63, 3.8) is 0 Å². The third-order valence-electron chi connectivity index (χ3n) is 4.26. The Kier molecular flexibility index (Phi) is 3.85. The van der Waals surface area contributed by atoms with E-state index >= 15 is 0 Å². The summed E-state index contributed by atoms with van der Waals surface area (Å²) in [6.45, 7) is 3.75. The smallest absolute Gasteiger partial charge is 0.352 e. The van der Waals surface area contributed by atoms with Crippen LogP contribution < -0.4 is 11.2 Å². The van der Waals surface area contributed by atoms with E-state index in [4.69, 9.17) is 5.73 Å². The fourth-order valence-electron chi connectivity index (χ4n) is 3.03. The third-order valence-corrected chi connectivity index (χ3v) is 4.26. The lowest BCUT2D eigenvalue weighted by Gasteiger charge is -2.12. The van der Waals surface area contributed by atoms with Crippen LogP contribution in [-0.4, -0.2) is 16.1 Å². The van der Waals surface area contributed by atoms with E-state index in [2.05, 4.69) is 4.98 Å². The molecule has 0 spiro atoms. The molecule has 0 bridgehead atoms. The van der Waals surface area contributed by atoms with Gasteiger partial charge in [-0.05, 0) is 42.2 Å². The van der Waals surface area contributed by atoms with Crippen LogP contribution in [0.3, 0.4) is 0 Å². The Morgan fingerprint density at radius 2 is 1.96 bits per heavy atom. The summed E-state index contributed by atoms with van der Waals surface area (Å²) in [6, 6.07) is 11.4. The average molecular weight is 322 g/mol. The summed E-state index contributed by atoms with van der Waals surface area (Å²) in [5.74, 6) is -1.16. The molecule has 0 unspecified atom stereocenters. The largest absolute Gasteiger partial charge is 0.477 e. The molecule has 4 N–H and O–H groups in total. The molecule has 0 saturated heterocycles. The molecule has 0 saturated carbocycles. The quantitative estimate of drug-likeness (QED) is 0.644. The molecular weight excluding hydrogens is 304 g/mol. The van der Waals surface area contributed by atoms with Crippen molar-refractivity contribution in [1.82, 2.24) is 4.98 Å². The summed E-state index contributed by atoms with van der Waals surface area (Å²) < 4.78 is 0. The Labute approximate surface area is 138 Å². The van der Waals surface area contributed by atoms with Gasteiger partial charge in [0.25, 0.3) is 0 Å². The molecule has 0 aliphatic rings. The number of aromatic amines is 1. The van der Waals surface area contributed by atoms with Crippen molar-refractivity contribution >= 4 is 22.6 Å². The molecule has 5 nitrogen and oxygen atoms in total. The van der Waals surface area contributed by atoms with Crippen molar-refractivity contribution in [2.24, 2.45) is 0 Å². The van der Waals surface area contributed by atoms with Gasteiger partial charge in [0, 0.05) is 10.9 Å². The van der Waals surface area contributed by atoms with Gasteiger partial charge in [-0.3, -0.25) is 4.79 Å². The van der Waals surface area contributed by atoms with Gasteiger partial charge in [-0.15, -0.1) is 0 Å². The zero-order valence-corrected chi connectivity index (χ0v) is 13.5. The maximum Gasteiger partial charge on any atom is 0.352 e. The van der Waals surface area contributed by atoms with Crippen LogP contribution >= 0.6 is 0 Å². The molecule has 0 atom stereocenters. The Bertz CT molecular complexity index is 1020. The number of hydrogen-bond acceptors (Lipinski definition) is 3. The van der Waals surface area contributed by atoms with Gasteiger partial charge < -0.3 is 15.8 Å². The molecule has 2 aromatic carbocycles. The molecular formula is C19H18N2O3. The van der Waals surface area contributed by atoms with E-state index in [-0.39, 0.29) is 16.7 Å². The molecule has 0 aliphatic heterocycles. The van der Waals surface area contributed by atoms with E-state index in [0.29, 0.717) is 23.0 Å². The number of anilines is 1. The summed E-state index contributed by atoms with van der Waals surface area (Å²) in [6.07, 6.45) is 0.335. The van der Waals surface area contributed by atoms with Crippen molar-refractivity contribution in [2.75, 3.05) is 5.73 Å². The number of H-pyrrole nitrogens is 1. The third kappa shape index (κ3) is 2.44. The lowest BCUT2D eigenvalue weighted by molar-refractivity contribution is 0.0689. The zero-order valence-electron chi connectivity index (χ0n) is 13.5. The molecule has 0 aliphatic carbocycles. The molecule has 3 rings (SSSR count). The number of nitrogens with one attached hydrogen (secondary N) is 1. The maximum absolute atomic E-state index is 12.8. The SMILES string of the molecule is CCc1c(C(=O)O)[nH]c2c(N)cc(-c3ccccc3C)cc2c1=O. The highest BCUT2D eigenvalue weighted by Crippen LogP contribution is 2.29. The number of aromatic carboxylic acids is 1. The Balaban J connectivity index is 2.39. The molecule has 122 valence electrons.